The van der Waals surface area contributed by atoms with Crippen molar-refractivity contribution in [2.75, 3.05) is 14.2 Å². The maximum Gasteiger partial charge on any atom is 0.164 e. The average molecular weight is 258 g/mol. The van der Waals surface area contributed by atoms with Gasteiger partial charge in [-0.1, -0.05) is 24.3 Å². The van der Waals surface area contributed by atoms with Gasteiger partial charge in [-0.25, -0.2) is 0 Å². The molecule has 1 N–H and O–H groups in total. The molecule has 100 valence electrons. The molecule has 0 amide bonds. The van der Waals surface area contributed by atoms with Crippen LogP contribution in [0, 0.1) is 6.92 Å². The molecule has 0 radical (unpaired) electrons. The lowest BCUT2D eigenvalue weighted by atomic mass is 10.0. The number of methoxy groups -OCH3 is 2. The van der Waals surface area contributed by atoms with E-state index in [1.165, 1.54) is 0 Å². The molecule has 0 fully saturated rings. The monoisotopic (exact) mass is 258 g/mol. The zero-order chi connectivity index (χ0) is 13.8. The van der Waals surface area contributed by atoms with E-state index in [1.807, 2.05) is 43.3 Å². The summed E-state index contributed by atoms with van der Waals surface area (Å²) in [5, 5.41) is 10.0. The number of aromatic hydroxyl groups is 1. The zero-order valence-electron chi connectivity index (χ0n) is 11.4. The predicted octanol–water partition coefficient (Wildman–Crippen LogP) is 3.31. The molecule has 0 spiro atoms. The van der Waals surface area contributed by atoms with Gasteiger partial charge >= 0.3 is 0 Å². The number of hydrogen-bond donors (Lipinski definition) is 1. The van der Waals surface area contributed by atoms with Gasteiger partial charge < -0.3 is 14.6 Å². The summed E-state index contributed by atoms with van der Waals surface area (Å²) < 4.78 is 10.5. The number of benzene rings is 2. The third-order valence-corrected chi connectivity index (χ3v) is 3.15. The van der Waals surface area contributed by atoms with Crippen molar-refractivity contribution in [3.05, 3.63) is 53.1 Å². The van der Waals surface area contributed by atoms with E-state index in [0.29, 0.717) is 12.2 Å². The lowest BCUT2D eigenvalue weighted by Crippen LogP contribution is -1.96. The van der Waals surface area contributed by atoms with Gasteiger partial charge in [0.2, 0.25) is 0 Å². The highest BCUT2D eigenvalue weighted by atomic mass is 16.5. The molecule has 0 heterocycles. The molecule has 0 aliphatic rings. The quantitative estimate of drug-likeness (QED) is 0.914. The SMILES string of the molecule is COc1cccc(Cc2ccc(C)c(O)c2OC)c1. The topological polar surface area (TPSA) is 38.7 Å². The largest absolute Gasteiger partial charge is 0.504 e. The van der Waals surface area contributed by atoms with Crippen LogP contribution in [-0.4, -0.2) is 19.3 Å². The van der Waals surface area contributed by atoms with E-state index in [1.54, 1.807) is 14.2 Å². The van der Waals surface area contributed by atoms with Crippen molar-refractivity contribution >= 4 is 0 Å². The van der Waals surface area contributed by atoms with Crippen molar-refractivity contribution in [2.24, 2.45) is 0 Å². The van der Waals surface area contributed by atoms with E-state index in [2.05, 4.69) is 0 Å². The highest BCUT2D eigenvalue weighted by Gasteiger charge is 2.11. The molecule has 2 rings (SSSR count). The number of phenols is 1. The van der Waals surface area contributed by atoms with Crippen molar-refractivity contribution in [3.8, 4) is 17.2 Å². The van der Waals surface area contributed by atoms with Gasteiger partial charge in [0, 0.05) is 12.0 Å². The molecule has 0 atom stereocenters. The zero-order valence-corrected chi connectivity index (χ0v) is 11.4. The lowest BCUT2D eigenvalue weighted by molar-refractivity contribution is 0.368. The predicted molar refractivity (Wildman–Crippen MR) is 75.2 cm³/mol. The average Bonchev–Trinajstić information content (AvgIpc) is 2.43. The number of aryl methyl sites for hydroxylation is 1. The fraction of sp³-hybridized carbons (Fsp3) is 0.250. The van der Waals surface area contributed by atoms with E-state index in [9.17, 15) is 5.11 Å². The molecule has 19 heavy (non-hydrogen) atoms. The molecule has 0 saturated carbocycles. The molecular weight excluding hydrogens is 240 g/mol. The second kappa shape index (κ2) is 5.65. The van der Waals surface area contributed by atoms with Gasteiger partial charge in [0.05, 0.1) is 14.2 Å². The molecule has 0 aliphatic heterocycles. The van der Waals surface area contributed by atoms with Gasteiger partial charge in [0.1, 0.15) is 5.75 Å². The fourth-order valence-corrected chi connectivity index (χ4v) is 2.08. The third kappa shape index (κ3) is 2.81. The maximum absolute atomic E-state index is 10.0. The van der Waals surface area contributed by atoms with E-state index in [-0.39, 0.29) is 5.75 Å². The van der Waals surface area contributed by atoms with E-state index >= 15 is 0 Å². The second-order valence-corrected chi connectivity index (χ2v) is 4.45. The highest BCUT2D eigenvalue weighted by Crippen LogP contribution is 2.34. The molecule has 0 saturated heterocycles. The molecular formula is C16H18O3. The van der Waals surface area contributed by atoms with Crippen LogP contribution in [0.1, 0.15) is 16.7 Å². The minimum Gasteiger partial charge on any atom is -0.504 e. The number of phenolic OH excluding ortho intramolecular Hbond substituents is 1. The lowest BCUT2D eigenvalue weighted by Gasteiger charge is -2.12. The molecule has 2 aromatic rings. The molecule has 0 bridgehead atoms. The van der Waals surface area contributed by atoms with Crippen LogP contribution in [0.3, 0.4) is 0 Å². The number of ether oxygens (including phenoxy) is 2. The molecule has 2 aromatic carbocycles. The van der Waals surface area contributed by atoms with E-state index in [0.717, 1.165) is 22.4 Å². The van der Waals surface area contributed by atoms with Crippen LogP contribution in [0.5, 0.6) is 17.2 Å². The summed E-state index contributed by atoms with van der Waals surface area (Å²) >= 11 is 0. The Bertz CT molecular complexity index is 576. The molecule has 0 aromatic heterocycles. The highest BCUT2D eigenvalue weighted by molar-refractivity contribution is 5.52. The Labute approximate surface area is 113 Å². The van der Waals surface area contributed by atoms with Crippen molar-refractivity contribution in [1.29, 1.82) is 0 Å². The Kier molecular flexibility index (Phi) is 3.95. The van der Waals surface area contributed by atoms with Crippen LogP contribution in [0.15, 0.2) is 36.4 Å². The molecule has 3 nitrogen and oxygen atoms in total. The summed E-state index contributed by atoms with van der Waals surface area (Å²) in [6.07, 6.45) is 0.689. The van der Waals surface area contributed by atoms with Gasteiger partial charge in [-0.2, -0.15) is 0 Å². The summed E-state index contributed by atoms with van der Waals surface area (Å²) in [7, 11) is 3.22. The minimum absolute atomic E-state index is 0.211. The van der Waals surface area contributed by atoms with E-state index in [4.69, 9.17) is 9.47 Å². The minimum atomic E-state index is 0.211. The second-order valence-electron chi connectivity index (χ2n) is 4.45. The van der Waals surface area contributed by atoms with E-state index < -0.39 is 0 Å². The van der Waals surface area contributed by atoms with Crippen LogP contribution in [0.25, 0.3) is 0 Å². The summed E-state index contributed by atoms with van der Waals surface area (Å²) in [6, 6.07) is 11.7. The first-order valence-corrected chi connectivity index (χ1v) is 6.14. The fourth-order valence-electron chi connectivity index (χ4n) is 2.08. The Morgan fingerprint density at radius 2 is 1.84 bits per heavy atom. The Morgan fingerprint density at radius 3 is 2.53 bits per heavy atom. The van der Waals surface area contributed by atoms with Gasteiger partial charge in [-0.05, 0) is 30.2 Å². The van der Waals surface area contributed by atoms with Crippen LogP contribution >= 0.6 is 0 Å². The Hall–Kier alpha value is -2.16. The van der Waals surface area contributed by atoms with Crippen molar-refractivity contribution in [3.63, 3.8) is 0 Å². The van der Waals surface area contributed by atoms with Gasteiger partial charge in [-0.3, -0.25) is 0 Å². The first-order chi connectivity index (χ1) is 9.15. The van der Waals surface area contributed by atoms with Crippen molar-refractivity contribution in [2.45, 2.75) is 13.3 Å². The Morgan fingerprint density at radius 1 is 1.05 bits per heavy atom. The van der Waals surface area contributed by atoms with Crippen molar-refractivity contribution < 1.29 is 14.6 Å². The van der Waals surface area contributed by atoms with Gasteiger partial charge in [0.25, 0.3) is 0 Å². The standard InChI is InChI=1S/C16H18O3/c1-11-7-8-13(16(19-3)15(11)17)9-12-5-4-6-14(10-12)18-2/h4-8,10,17H,9H2,1-3H3. The maximum atomic E-state index is 10.0. The number of hydrogen-bond acceptors (Lipinski definition) is 3. The molecule has 0 aliphatic carbocycles. The summed E-state index contributed by atoms with van der Waals surface area (Å²) in [6.45, 7) is 1.85. The van der Waals surface area contributed by atoms with Gasteiger partial charge in [0.15, 0.2) is 11.5 Å². The van der Waals surface area contributed by atoms with Crippen LogP contribution in [0.2, 0.25) is 0 Å². The summed E-state index contributed by atoms with van der Waals surface area (Å²) in [5.74, 6) is 1.58. The van der Waals surface area contributed by atoms with Crippen LogP contribution < -0.4 is 9.47 Å². The van der Waals surface area contributed by atoms with Crippen LogP contribution in [0.4, 0.5) is 0 Å². The first kappa shape index (κ1) is 13.3. The normalized spacial score (nSPS) is 10.3. The Balaban J connectivity index is 2.35. The number of rotatable bonds is 4. The third-order valence-electron chi connectivity index (χ3n) is 3.15. The molecule has 3 heteroatoms. The van der Waals surface area contributed by atoms with Crippen LogP contribution in [-0.2, 0) is 6.42 Å². The first-order valence-electron chi connectivity index (χ1n) is 6.14. The van der Waals surface area contributed by atoms with Gasteiger partial charge in [-0.15, -0.1) is 0 Å². The summed E-state index contributed by atoms with van der Waals surface area (Å²) in [5.41, 5.74) is 2.88. The smallest absolute Gasteiger partial charge is 0.164 e. The summed E-state index contributed by atoms with van der Waals surface area (Å²) in [4.78, 5) is 0. The van der Waals surface area contributed by atoms with Crippen molar-refractivity contribution in [1.82, 2.24) is 0 Å². The molecule has 0 unspecified atom stereocenters.